The van der Waals surface area contributed by atoms with Crippen molar-refractivity contribution in [1.82, 2.24) is 0 Å². The molecule has 4 heteroatoms. The van der Waals surface area contributed by atoms with Gasteiger partial charge in [-0.3, -0.25) is 4.79 Å². The molecule has 1 atom stereocenters. The highest BCUT2D eigenvalue weighted by atomic mass is 19.3. The molecule has 1 aromatic carbocycles. The van der Waals surface area contributed by atoms with Crippen LogP contribution in [0, 0.1) is 5.92 Å². The molecule has 1 aromatic rings. The van der Waals surface area contributed by atoms with Crippen LogP contribution in [0.2, 0.25) is 0 Å². The lowest BCUT2D eigenvalue weighted by Gasteiger charge is -2.10. The van der Waals surface area contributed by atoms with E-state index in [1.54, 1.807) is 0 Å². The molecule has 1 unspecified atom stereocenters. The molecule has 0 bridgehead atoms. The number of hydrogen-bond donors (Lipinski definition) is 0. The zero-order valence-electron chi connectivity index (χ0n) is 9.36. The largest absolute Gasteiger partial charge is 0.376 e. The number of carbonyl (C=O) groups is 1. The Balaban J connectivity index is 1.79. The third kappa shape index (κ3) is 2.88. The lowest BCUT2D eigenvalue weighted by atomic mass is 10.1. The molecule has 0 N–H and O–H groups in total. The molecule has 0 aliphatic heterocycles. The molecule has 0 saturated heterocycles. The van der Waals surface area contributed by atoms with Crippen LogP contribution in [0.5, 0.6) is 0 Å². The second-order valence-corrected chi connectivity index (χ2v) is 4.31. The van der Waals surface area contributed by atoms with Gasteiger partial charge in [-0.2, -0.15) is 8.78 Å². The average molecular weight is 240 g/mol. The van der Waals surface area contributed by atoms with E-state index in [1.165, 1.54) is 0 Å². The van der Waals surface area contributed by atoms with Gasteiger partial charge in [-0.15, -0.1) is 0 Å². The van der Waals surface area contributed by atoms with Crippen molar-refractivity contribution in [2.24, 2.45) is 5.92 Å². The van der Waals surface area contributed by atoms with E-state index in [2.05, 4.69) is 0 Å². The molecule has 0 amide bonds. The van der Waals surface area contributed by atoms with Crippen molar-refractivity contribution in [2.45, 2.75) is 25.4 Å². The Hall–Kier alpha value is -1.29. The summed E-state index contributed by atoms with van der Waals surface area (Å²) in [6.45, 7) is 0.444. The van der Waals surface area contributed by atoms with Crippen LogP contribution in [0.25, 0.3) is 0 Å². The monoisotopic (exact) mass is 240 g/mol. The number of benzene rings is 1. The topological polar surface area (TPSA) is 26.3 Å². The number of ketones is 1. The fourth-order valence-corrected chi connectivity index (χ4v) is 1.96. The van der Waals surface area contributed by atoms with Crippen molar-refractivity contribution in [3.63, 3.8) is 0 Å². The normalized spacial score (nSPS) is 22.9. The molecule has 1 aliphatic rings. The minimum Gasteiger partial charge on any atom is -0.376 e. The van der Waals surface area contributed by atoms with E-state index < -0.39 is 17.6 Å². The number of Topliss-reactive ketones (excluding diaryl/α,β-unsaturated/α-hetero) is 1. The molecule has 92 valence electrons. The number of alkyl halides is 2. The van der Waals surface area contributed by atoms with Gasteiger partial charge < -0.3 is 4.74 Å². The summed E-state index contributed by atoms with van der Waals surface area (Å²) in [4.78, 5) is 11.2. The minimum atomic E-state index is -3.14. The first-order valence-electron chi connectivity index (χ1n) is 5.63. The SMILES string of the molecule is O=C1C(COCc2ccccc2)CCC1(F)F. The van der Waals surface area contributed by atoms with Gasteiger partial charge in [0.25, 0.3) is 0 Å². The first-order chi connectivity index (χ1) is 8.09. The molecule has 0 radical (unpaired) electrons. The highest BCUT2D eigenvalue weighted by molar-refractivity contribution is 5.89. The van der Waals surface area contributed by atoms with Crippen LogP contribution in [0.15, 0.2) is 30.3 Å². The first kappa shape index (κ1) is 12.2. The second-order valence-electron chi connectivity index (χ2n) is 4.31. The van der Waals surface area contributed by atoms with Gasteiger partial charge in [0.2, 0.25) is 5.78 Å². The first-order valence-corrected chi connectivity index (χ1v) is 5.63. The van der Waals surface area contributed by atoms with Crippen molar-refractivity contribution in [3.05, 3.63) is 35.9 Å². The molecule has 1 fully saturated rings. The van der Waals surface area contributed by atoms with Gasteiger partial charge in [0.05, 0.1) is 13.2 Å². The minimum absolute atomic E-state index is 0.0866. The fraction of sp³-hybridized carbons (Fsp3) is 0.462. The molecular weight excluding hydrogens is 226 g/mol. The van der Waals surface area contributed by atoms with Gasteiger partial charge in [0, 0.05) is 12.3 Å². The van der Waals surface area contributed by atoms with E-state index in [0.717, 1.165) is 5.56 Å². The number of rotatable bonds is 4. The van der Waals surface area contributed by atoms with Crippen LogP contribution in [0.4, 0.5) is 8.78 Å². The number of halogens is 2. The summed E-state index contributed by atoms with van der Waals surface area (Å²) in [6, 6.07) is 9.45. The Labute approximate surface area is 98.6 Å². The van der Waals surface area contributed by atoms with Gasteiger partial charge in [-0.1, -0.05) is 30.3 Å². The van der Waals surface area contributed by atoms with Crippen molar-refractivity contribution in [2.75, 3.05) is 6.61 Å². The Morgan fingerprint density at radius 2 is 2.00 bits per heavy atom. The van der Waals surface area contributed by atoms with E-state index in [4.69, 9.17) is 4.74 Å². The number of ether oxygens (including phenoxy) is 1. The molecule has 0 spiro atoms. The Kier molecular flexibility index (Phi) is 3.52. The predicted molar refractivity (Wildman–Crippen MR) is 58.8 cm³/mol. The van der Waals surface area contributed by atoms with E-state index in [9.17, 15) is 13.6 Å². The van der Waals surface area contributed by atoms with Crippen LogP contribution in [0.1, 0.15) is 18.4 Å². The highest BCUT2D eigenvalue weighted by Gasteiger charge is 2.48. The van der Waals surface area contributed by atoms with Gasteiger partial charge in [0.15, 0.2) is 0 Å². The van der Waals surface area contributed by atoms with E-state index in [0.29, 0.717) is 6.61 Å². The third-order valence-corrected chi connectivity index (χ3v) is 2.97. The summed E-state index contributed by atoms with van der Waals surface area (Å²) in [7, 11) is 0. The van der Waals surface area contributed by atoms with Gasteiger partial charge in [-0.25, -0.2) is 0 Å². The van der Waals surface area contributed by atoms with Crippen molar-refractivity contribution in [1.29, 1.82) is 0 Å². The number of hydrogen-bond acceptors (Lipinski definition) is 2. The summed E-state index contributed by atoms with van der Waals surface area (Å²) in [6.07, 6.45) is -0.119. The standard InChI is InChI=1S/C13H14F2O2/c14-13(15)7-6-11(12(13)16)9-17-8-10-4-2-1-3-5-10/h1-5,11H,6-9H2. The Morgan fingerprint density at radius 3 is 2.59 bits per heavy atom. The van der Waals surface area contributed by atoms with Crippen LogP contribution in [-0.4, -0.2) is 18.3 Å². The van der Waals surface area contributed by atoms with Gasteiger partial charge in [0.1, 0.15) is 0 Å². The summed E-state index contributed by atoms with van der Waals surface area (Å²) in [5.74, 6) is -4.75. The van der Waals surface area contributed by atoms with Crippen molar-refractivity contribution in [3.8, 4) is 0 Å². The summed E-state index contributed by atoms with van der Waals surface area (Å²) >= 11 is 0. The third-order valence-electron chi connectivity index (χ3n) is 2.97. The summed E-state index contributed by atoms with van der Waals surface area (Å²) in [5, 5.41) is 0. The molecule has 0 aromatic heterocycles. The molecule has 1 aliphatic carbocycles. The molecule has 2 nitrogen and oxygen atoms in total. The maximum atomic E-state index is 12.9. The smallest absolute Gasteiger partial charge is 0.305 e. The van der Waals surface area contributed by atoms with Crippen LogP contribution >= 0.6 is 0 Å². The zero-order chi connectivity index (χ0) is 12.3. The number of carbonyl (C=O) groups excluding carboxylic acids is 1. The van der Waals surface area contributed by atoms with Crippen LogP contribution in [-0.2, 0) is 16.1 Å². The molecule has 0 heterocycles. The van der Waals surface area contributed by atoms with Crippen LogP contribution in [0.3, 0.4) is 0 Å². The van der Waals surface area contributed by atoms with Crippen LogP contribution < -0.4 is 0 Å². The Morgan fingerprint density at radius 1 is 1.29 bits per heavy atom. The summed E-state index contributed by atoms with van der Waals surface area (Å²) in [5.41, 5.74) is 0.977. The lowest BCUT2D eigenvalue weighted by Crippen LogP contribution is -2.27. The van der Waals surface area contributed by atoms with Crippen molar-refractivity contribution >= 4 is 5.78 Å². The average Bonchev–Trinajstić information content (AvgIpc) is 2.57. The van der Waals surface area contributed by atoms with Gasteiger partial charge >= 0.3 is 5.92 Å². The Bertz CT molecular complexity index is 390. The highest BCUT2D eigenvalue weighted by Crippen LogP contribution is 2.35. The van der Waals surface area contributed by atoms with E-state index in [-0.39, 0.29) is 19.4 Å². The second kappa shape index (κ2) is 4.92. The fourth-order valence-electron chi connectivity index (χ4n) is 1.96. The molecular formula is C13H14F2O2. The van der Waals surface area contributed by atoms with Crippen molar-refractivity contribution < 1.29 is 18.3 Å². The molecule has 2 rings (SSSR count). The zero-order valence-corrected chi connectivity index (χ0v) is 9.36. The van der Waals surface area contributed by atoms with E-state index >= 15 is 0 Å². The molecule has 1 saturated carbocycles. The van der Waals surface area contributed by atoms with Gasteiger partial charge in [-0.05, 0) is 12.0 Å². The van der Waals surface area contributed by atoms with E-state index in [1.807, 2.05) is 30.3 Å². The maximum absolute atomic E-state index is 12.9. The predicted octanol–water partition coefficient (Wildman–Crippen LogP) is 2.82. The quantitative estimate of drug-likeness (QED) is 0.809. The lowest BCUT2D eigenvalue weighted by molar-refractivity contribution is -0.142. The molecule has 17 heavy (non-hydrogen) atoms. The summed E-state index contributed by atoms with van der Waals surface area (Å²) < 4.78 is 31.2. The maximum Gasteiger partial charge on any atom is 0.305 e.